The van der Waals surface area contributed by atoms with Crippen LogP contribution in [0, 0.1) is 0 Å². The zero-order chi connectivity index (χ0) is 14.4. The Labute approximate surface area is 124 Å². The molecule has 0 heterocycles. The minimum absolute atomic E-state index is 0.0631. The summed E-state index contributed by atoms with van der Waals surface area (Å²) >= 11 is 5.86. The number of rotatable bonds is 5. The number of hydrogen-bond acceptors (Lipinski definition) is 3. The van der Waals surface area contributed by atoms with Gasteiger partial charge in [-0.2, -0.15) is 0 Å². The van der Waals surface area contributed by atoms with E-state index in [1.807, 2.05) is 12.1 Å². The molecule has 3 N–H and O–H groups in total. The number of amides is 1. The Morgan fingerprint density at radius 3 is 2.80 bits per heavy atom. The average molecular weight is 297 g/mol. The zero-order valence-corrected chi connectivity index (χ0v) is 12.3. The third-order valence-corrected chi connectivity index (χ3v) is 3.89. The van der Waals surface area contributed by atoms with Gasteiger partial charge in [-0.05, 0) is 31.0 Å². The van der Waals surface area contributed by atoms with Crippen molar-refractivity contribution < 1.29 is 9.53 Å². The van der Waals surface area contributed by atoms with Gasteiger partial charge in [0.1, 0.15) is 12.4 Å². The van der Waals surface area contributed by atoms with E-state index >= 15 is 0 Å². The molecule has 1 fully saturated rings. The minimum Gasteiger partial charge on any atom is -0.492 e. The molecule has 110 valence electrons. The van der Waals surface area contributed by atoms with E-state index in [1.165, 1.54) is 6.42 Å². The fraction of sp³-hybridized carbons (Fsp3) is 0.533. The average Bonchev–Trinajstić information content (AvgIpc) is 2.44. The topological polar surface area (TPSA) is 64.4 Å². The van der Waals surface area contributed by atoms with Crippen LogP contribution in [0.2, 0.25) is 5.02 Å². The summed E-state index contributed by atoms with van der Waals surface area (Å²) in [5, 5.41) is 3.49. The first-order valence-electron chi connectivity index (χ1n) is 7.06. The van der Waals surface area contributed by atoms with Gasteiger partial charge in [0, 0.05) is 5.02 Å². The molecule has 1 aromatic rings. The summed E-state index contributed by atoms with van der Waals surface area (Å²) in [7, 11) is 0. The highest BCUT2D eigenvalue weighted by Gasteiger charge is 2.34. The van der Waals surface area contributed by atoms with E-state index in [0.29, 0.717) is 23.9 Å². The van der Waals surface area contributed by atoms with Crippen molar-refractivity contribution in [3.63, 3.8) is 0 Å². The van der Waals surface area contributed by atoms with Crippen LogP contribution in [-0.4, -0.2) is 24.6 Å². The lowest BCUT2D eigenvalue weighted by Crippen LogP contribution is -2.55. The van der Waals surface area contributed by atoms with Crippen molar-refractivity contribution in [2.24, 2.45) is 5.73 Å². The molecular formula is C15H21ClN2O2. The predicted molar refractivity (Wildman–Crippen MR) is 80.0 cm³/mol. The molecule has 5 heteroatoms. The van der Waals surface area contributed by atoms with Gasteiger partial charge in [0.05, 0.1) is 12.1 Å². The Kier molecular flexibility index (Phi) is 5.26. The summed E-state index contributed by atoms with van der Waals surface area (Å²) < 4.78 is 5.52. The van der Waals surface area contributed by atoms with Crippen LogP contribution in [0.25, 0.3) is 0 Å². The van der Waals surface area contributed by atoms with Crippen molar-refractivity contribution in [3.8, 4) is 5.75 Å². The second-order valence-corrected chi connectivity index (χ2v) is 5.71. The van der Waals surface area contributed by atoms with Crippen LogP contribution >= 0.6 is 11.6 Å². The van der Waals surface area contributed by atoms with Crippen LogP contribution in [0.15, 0.2) is 24.3 Å². The molecule has 0 aromatic heterocycles. The summed E-state index contributed by atoms with van der Waals surface area (Å²) in [4.78, 5) is 12.1. The molecule has 0 saturated heterocycles. The highest BCUT2D eigenvalue weighted by molar-refractivity contribution is 6.30. The number of carbonyl (C=O) groups excluding carboxylic acids is 1. The first-order chi connectivity index (χ1) is 9.60. The van der Waals surface area contributed by atoms with Gasteiger partial charge in [-0.1, -0.05) is 36.9 Å². The van der Waals surface area contributed by atoms with Gasteiger partial charge in [-0.25, -0.2) is 0 Å². The molecule has 4 nitrogen and oxygen atoms in total. The van der Waals surface area contributed by atoms with Gasteiger partial charge in [0.2, 0.25) is 5.91 Å². The fourth-order valence-corrected chi connectivity index (χ4v) is 2.66. The van der Waals surface area contributed by atoms with Crippen molar-refractivity contribution in [1.29, 1.82) is 0 Å². The molecule has 1 aliphatic rings. The molecule has 1 aliphatic carbocycles. The van der Waals surface area contributed by atoms with Crippen molar-refractivity contribution in [3.05, 3.63) is 29.3 Å². The molecule has 1 amide bonds. The molecule has 1 saturated carbocycles. The number of nitrogens with two attached hydrogens (primary N) is 1. The van der Waals surface area contributed by atoms with E-state index in [0.717, 1.165) is 25.7 Å². The molecule has 1 aromatic carbocycles. The Hall–Kier alpha value is -1.26. The maximum atomic E-state index is 12.1. The Balaban J connectivity index is 1.71. The van der Waals surface area contributed by atoms with Crippen molar-refractivity contribution >= 4 is 17.5 Å². The zero-order valence-electron chi connectivity index (χ0n) is 11.5. The Bertz CT molecular complexity index is 459. The summed E-state index contributed by atoms with van der Waals surface area (Å²) in [5.41, 5.74) is 5.46. The number of halogens is 1. The third kappa shape index (κ3) is 4.12. The van der Waals surface area contributed by atoms with E-state index < -0.39 is 5.54 Å². The van der Waals surface area contributed by atoms with Crippen LogP contribution in [-0.2, 0) is 4.79 Å². The van der Waals surface area contributed by atoms with E-state index in [1.54, 1.807) is 12.1 Å². The molecule has 0 unspecified atom stereocenters. The van der Waals surface area contributed by atoms with Crippen LogP contribution in [0.3, 0.4) is 0 Å². The van der Waals surface area contributed by atoms with E-state index in [2.05, 4.69) is 5.32 Å². The molecule has 0 atom stereocenters. The van der Waals surface area contributed by atoms with Crippen molar-refractivity contribution in [1.82, 2.24) is 5.32 Å². The molecule has 0 spiro atoms. The van der Waals surface area contributed by atoms with E-state index in [9.17, 15) is 4.79 Å². The van der Waals surface area contributed by atoms with Crippen LogP contribution < -0.4 is 15.8 Å². The summed E-state index contributed by atoms with van der Waals surface area (Å²) in [6.45, 7) is 0.854. The van der Waals surface area contributed by atoms with E-state index in [4.69, 9.17) is 22.1 Å². The second kappa shape index (κ2) is 6.95. The van der Waals surface area contributed by atoms with E-state index in [-0.39, 0.29) is 5.91 Å². The molecule has 0 bridgehead atoms. The summed E-state index contributed by atoms with van der Waals surface area (Å²) in [5.74, 6) is 0.638. The number of benzene rings is 1. The standard InChI is InChI=1S/C15H21ClN2O2/c16-12-5-4-6-13(11-12)20-10-9-18-14(19)15(17)7-2-1-3-8-15/h4-6,11H,1-3,7-10,17H2,(H,18,19). The number of ether oxygens (including phenoxy) is 1. The van der Waals surface area contributed by atoms with Gasteiger partial charge in [0.25, 0.3) is 0 Å². The van der Waals surface area contributed by atoms with Crippen LogP contribution in [0.5, 0.6) is 5.75 Å². The monoisotopic (exact) mass is 296 g/mol. The molecule has 2 rings (SSSR count). The van der Waals surface area contributed by atoms with Gasteiger partial charge >= 0.3 is 0 Å². The van der Waals surface area contributed by atoms with Crippen molar-refractivity contribution in [2.75, 3.05) is 13.2 Å². The lowest BCUT2D eigenvalue weighted by Gasteiger charge is -2.31. The molecular weight excluding hydrogens is 276 g/mol. The maximum Gasteiger partial charge on any atom is 0.240 e. The van der Waals surface area contributed by atoms with Crippen molar-refractivity contribution in [2.45, 2.75) is 37.6 Å². The van der Waals surface area contributed by atoms with Gasteiger partial charge in [-0.3, -0.25) is 4.79 Å². The number of nitrogens with one attached hydrogen (secondary N) is 1. The first kappa shape index (κ1) is 15.1. The lowest BCUT2D eigenvalue weighted by atomic mass is 9.82. The number of hydrogen-bond donors (Lipinski definition) is 2. The molecule has 0 radical (unpaired) electrons. The molecule has 0 aliphatic heterocycles. The van der Waals surface area contributed by atoms with Gasteiger partial charge < -0.3 is 15.8 Å². The minimum atomic E-state index is -0.686. The van der Waals surface area contributed by atoms with Crippen LogP contribution in [0.4, 0.5) is 0 Å². The van der Waals surface area contributed by atoms with Crippen LogP contribution in [0.1, 0.15) is 32.1 Å². The highest BCUT2D eigenvalue weighted by Crippen LogP contribution is 2.25. The summed E-state index contributed by atoms with van der Waals surface area (Å²) in [6.07, 6.45) is 4.78. The Morgan fingerprint density at radius 2 is 2.10 bits per heavy atom. The SMILES string of the molecule is NC1(C(=O)NCCOc2cccc(Cl)c2)CCCCC1. The lowest BCUT2D eigenvalue weighted by molar-refractivity contribution is -0.127. The highest BCUT2D eigenvalue weighted by atomic mass is 35.5. The number of carbonyl (C=O) groups is 1. The maximum absolute atomic E-state index is 12.1. The van der Waals surface area contributed by atoms with Gasteiger partial charge in [0.15, 0.2) is 0 Å². The first-order valence-corrected chi connectivity index (χ1v) is 7.43. The predicted octanol–water partition coefficient (Wildman–Crippen LogP) is 2.50. The summed E-state index contributed by atoms with van der Waals surface area (Å²) in [6, 6.07) is 7.19. The van der Waals surface area contributed by atoms with Gasteiger partial charge in [-0.15, -0.1) is 0 Å². The largest absolute Gasteiger partial charge is 0.492 e. The normalized spacial score (nSPS) is 17.5. The molecule has 20 heavy (non-hydrogen) atoms. The fourth-order valence-electron chi connectivity index (χ4n) is 2.48. The Morgan fingerprint density at radius 1 is 1.35 bits per heavy atom. The second-order valence-electron chi connectivity index (χ2n) is 5.28. The smallest absolute Gasteiger partial charge is 0.240 e. The third-order valence-electron chi connectivity index (χ3n) is 3.65. The quantitative estimate of drug-likeness (QED) is 0.821.